The predicted molar refractivity (Wildman–Crippen MR) is 86.7 cm³/mol. The first-order chi connectivity index (χ1) is 8.20. The maximum atomic E-state index is 11.0. The van der Waals surface area contributed by atoms with Crippen molar-refractivity contribution in [1.29, 1.82) is 0 Å². The lowest BCUT2D eigenvalue weighted by molar-refractivity contribution is 0.261. The molecule has 0 spiro atoms. The van der Waals surface area contributed by atoms with Crippen LogP contribution in [0.1, 0.15) is 0 Å². The van der Waals surface area contributed by atoms with Gasteiger partial charge in [0, 0.05) is 28.3 Å². The molecule has 0 fully saturated rings. The van der Waals surface area contributed by atoms with E-state index < -0.39 is 9.96 Å². The van der Waals surface area contributed by atoms with E-state index in [4.69, 9.17) is 58.0 Å². The van der Waals surface area contributed by atoms with Crippen LogP contribution in [0.3, 0.4) is 0 Å². The van der Waals surface area contributed by atoms with E-state index in [1.54, 1.807) is 18.2 Å². The lowest BCUT2D eigenvalue weighted by atomic mass is 10.3. The number of hydrogen-bond donors (Lipinski definition) is 2. The summed E-state index contributed by atoms with van der Waals surface area (Å²) in [7, 11) is 0. The minimum Gasteiger partial charge on any atom is -0.362 e. The molecule has 0 radical (unpaired) electrons. The van der Waals surface area contributed by atoms with Crippen LogP contribution in [0.4, 0.5) is 10.5 Å². The molecular formula is C9H6Cl5IN2O. The van der Waals surface area contributed by atoms with E-state index in [1.165, 1.54) is 22.6 Å². The van der Waals surface area contributed by atoms with E-state index in [0.29, 0.717) is 15.7 Å². The Morgan fingerprint density at radius 2 is 1.83 bits per heavy atom. The third-order valence-electron chi connectivity index (χ3n) is 1.82. The van der Waals surface area contributed by atoms with Crippen molar-refractivity contribution >= 4 is 90.2 Å². The SMILES string of the molecule is O=C(I)NC(Nc1ccc(Cl)c(Cl)c1)C(Cl)(Cl)Cl. The van der Waals surface area contributed by atoms with Crippen molar-refractivity contribution in [3.8, 4) is 0 Å². The number of amides is 1. The van der Waals surface area contributed by atoms with Gasteiger partial charge in [0.2, 0.25) is 3.79 Å². The van der Waals surface area contributed by atoms with E-state index in [0.717, 1.165) is 0 Å². The Labute approximate surface area is 143 Å². The van der Waals surface area contributed by atoms with Gasteiger partial charge in [0.05, 0.1) is 10.0 Å². The molecule has 0 heterocycles. The number of carbonyl (C=O) groups excluding carboxylic acids is 1. The topological polar surface area (TPSA) is 41.1 Å². The molecule has 2 N–H and O–H groups in total. The number of alkyl halides is 3. The van der Waals surface area contributed by atoms with Gasteiger partial charge in [-0.15, -0.1) is 0 Å². The van der Waals surface area contributed by atoms with Crippen LogP contribution in [-0.4, -0.2) is 13.9 Å². The molecule has 9 heteroatoms. The van der Waals surface area contributed by atoms with Crippen molar-refractivity contribution < 1.29 is 4.79 Å². The summed E-state index contributed by atoms with van der Waals surface area (Å²) in [4.78, 5) is 11.0. The van der Waals surface area contributed by atoms with E-state index in [1.807, 2.05) is 0 Å². The van der Waals surface area contributed by atoms with Gasteiger partial charge in [-0.1, -0.05) is 58.0 Å². The molecular weight excluding hydrogens is 456 g/mol. The van der Waals surface area contributed by atoms with E-state index >= 15 is 0 Å². The van der Waals surface area contributed by atoms with Crippen LogP contribution in [0.2, 0.25) is 10.0 Å². The highest BCUT2D eigenvalue weighted by Gasteiger charge is 2.33. The fourth-order valence-corrected chi connectivity index (χ4v) is 2.00. The van der Waals surface area contributed by atoms with Gasteiger partial charge in [0.25, 0.3) is 3.91 Å². The summed E-state index contributed by atoms with van der Waals surface area (Å²) < 4.78 is -2.08. The van der Waals surface area contributed by atoms with E-state index in [2.05, 4.69) is 10.6 Å². The number of rotatable bonds is 3. The Hall–Kier alpha value is 0.670. The largest absolute Gasteiger partial charge is 0.362 e. The Morgan fingerprint density at radius 3 is 2.28 bits per heavy atom. The average Bonchev–Trinajstić information content (AvgIpc) is 2.20. The number of carbonyl (C=O) groups is 1. The van der Waals surface area contributed by atoms with Crippen molar-refractivity contribution in [2.24, 2.45) is 0 Å². The summed E-state index contributed by atoms with van der Waals surface area (Å²) in [5.74, 6) is 0. The Bertz CT molecular complexity index is 451. The molecule has 0 bridgehead atoms. The van der Waals surface area contributed by atoms with Crippen LogP contribution < -0.4 is 10.6 Å². The fourth-order valence-electron chi connectivity index (χ4n) is 1.07. The first kappa shape index (κ1) is 16.7. The van der Waals surface area contributed by atoms with Crippen LogP contribution in [0.5, 0.6) is 0 Å². The second kappa shape index (κ2) is 6.90. The molecule has 0 saturated carbocycles. The lowest BCUT2D eigenvalue weighted by Crippen LogP contribution is -2.47. The number of halogens is 6. The highest BCUT2D eigenvalue weighted by Crippen LogP contribution is 2.32. The molecule has 100 valence electrons. The van der Waals surface area contributed by atoms with Crippen molar-refractivity contribution in [3.05, 3.63) is 28.2 Å². The average molecular weight is 462 g/mol. The molecule has 1 aromatic rings. The van der Waals surface area contributed by atoms with Crippen LogP contribution in [0.25, 0.3) is 0 Å². The molecule has 0 aromatic heterocycles. The highest BCUT2D eigenvalue weighted by molar-refractivity contribution is 14.1. The minimum atomic E-state index is -1.72. The smallest absolute Gasteiger partial charge is 0.282 e. The summed E-state index contributed by atoms with van der Waals surface area (Å²) >= 11 is 30.4. The zero-order chi connectivity index (χ0) is 13.9. The fraction of sp³-hybridized carbons (Fsp3) is 0.222. The molecule has 1 rings (SSSR count). The van der Waals surface area contributed by atoms with Gasteiger partial charge >= 0.3 is 0 Å². The molecule has 18 heavy (non-hydrogen) atoms. The number of anilines is 1. The van der Waals surface area contributed by atoms with E-state index in [9.17, 15) is 4.79 Å². The monoisotopic (exact) mass is 460 g/mol. The molecule has 1 unspecified atom stereocenters. The van der Waals surface area contributed by atoms with Crippen LogP contribution >= 0.6 is 80.6 Å². The third-order valence-corrected chi connectivity index (χ3v) is 3.52. The number of nitrogens with one attached hydrogen (secondary N) is 2. The molecule has 0 aliphatic heterocycles. The van der Waals surface area contributed by atoms with Gasteiger partial charge in [-0.25, -0.2) is 0 Å². The normalized spacial score (nSPS) is 13.0. The summed E-state index contributed by atoms with van der Waals surface area (Å²) in [6.07, 6.45) is -0.899. The summed E-state index contributed by atoms with van der Waals surface area (Å²) in [5.41, 5.74) is 0.561. The van der Waals surface area contributed by atoms with Crippen molar-refractivity contribution in [3.63, 3.8) is 0 Å². The van der Waals surface area contributed by atoms with Gasteiger partial charge in [-0.3, -0.25) is 4.79 Å². The van der Waals surface area contributed by atoms with Gasteiger partial charge in [-0.05, 0) is 18.2 Å². The summed E-state index contributed by atoms with van der Waals surface area (Å²) in [5, 5.41) is 6.07. The third kappa shape index (κ3) is 5.35. The molecule has 1 aromatic carbocycles. The van der Waals surface area contributed by atoms with Gasteiger partial charge in [0.15, 0.2) is 0 Å². The number of hydrogen-bond acceptors (Lipinski definition) is 2. The lowest BCUT2D eigenvalue weighted by Gasteiger charge is -2.26. The highest BCUT2D eigenvalue weighted by atomic mass is 127. The standard InChI is InChI=1S/C9H6Cl5IN2O/c10-5-2-1-4(3-6(5)11)16-7(9(12,13)14)17-8(15)18/h1-3,7,16H,(H,17,18). The number of benzene rings is 1. The quantitative estimate of drug-likeness (QED) is 0.212. The first-order valence-corrected chi connectivity index (χ1v) is 7.41. The van der Waals surface area contributed by atoms with Crippen molar-refractivity contribution in [2.75, 3.05) is 5.32 Å². The maximum Gasteiger partial charge on any atom is 0.282 e. The van der Waals surface area contributed by atoms with Gasteiger partial charge in [-0.2, -0.15) is 0 Å². The predicted octanol–water partition coefficient (Wildman–Crippen LogP) is 5.25. The molecule has 1 amide bonds. The Morgan fingerprint density at radius 1 is 1.22 bits per heavy atom. The van der Waals surface area contributed by atoms with E-state index in [-0.39, 0.29) is 3.91 Å². The van der Waals surface area contributed by atoms with Gasteiger partial charge < -0.3 is 10.6 Å². The zero-order valence-corrected chi connectivity index (χ0v) is 14.4. The molecule has 0 saturated heterocycles. The zero-order valence-electron chi connectivity index (χ0n) is 8.49. The van der Waals surface area contributed by atoms with Crippen LogP contribution in [0.15, 0.2) is 18.2 Å². The summed E-state index contributed by atoms with van der Waals surface area (Å²) in [6, 6.07) is 4.80. The molecule has 1 atom stereocenters. The molecule has 0 aliphatic carbocycles. The summed E-state index contributed by atoms with van der Waals surface area (Å²) in [6.45, 7) is 0. The van der Waals surface area contributed by atoms with Crippen molar-refractivity contribution in [1.82, 2.24) is 5.32 Å². The Kier molecular flexibility index (Phi) is 6.41. The second-order valence-corrected chi connectivity index (χ2v) is 7.33. The maximum absolute atomic E-state index is 11.0. The van der Waals surface area contributed by atoms with Gasteiger partial charge in [0.1, 0.15) is 6.17 Å². The van der Waals surface area contributed by atoms with Crippen LogP contribution in [-0.2, 0) is 0 Å². The van der Waals surface area contributed by atoms with Crippen LogP contribution in [0, 0.1) is 0 Å². The minimum absolute atomic E-state index is 0.352. The first-order valence-electron chi connectivity index (χ1n) is 4.44. The molecule has 0 aliphatic rings. The molecule has 3 nitrogen and oxygen atoms in total. The Balaban J connectivity index is 2.89. The van der Waals surface area contributed by atoms with Crippen molar-refractivity contribution in [2.45, 2.75) is 9.96 Å². The second-order valence-electron chi connectivity index (χ2n) is 3.17.